The van der Waals surface area contributed by atoms with Crippen LogP contribution in [0.15, 0.2) is 5.03 Å². The third-order valence-corrected chi connectivity index (χ3v) is 3.94. The summed E-state index contributed by atoms with van der Waals surface area (Å²) in [7, 11) is 0. The van der Waals surface area contributed by atoms with Crippen LogP contribution in [0.2, 0.25) is 0 Å². The van der Waals surface area contributed by atoms with Gasteiger partial charge in [0, 0.05) is 11.3 Å². The molecule has 120 valence electrons. The van der Waals surface area contributed by atoms with Crippen LogP contribution in [0.1, 0.15) is 22.6 Å². The maximum absolute atomic E-state index is 13.6. The average molecular weight is 345 g/mol. The molecule has 23 heavy (non-hydrogen) atoms. The van der Waals surface area contributed by atoms with E-state index in [1.54, 1.807) is 13.8 Å². The molecule has 0 saturated carbocycles. The summed E-state index contributed by atoms with van der Waals surface area (Å²) in [6.07, 6.45) is 0. The van der Waals surface area contributed by atoms with E-state index in [-0.39, 0.29) is 10.6 Å². The predicted octanol–water partition coefficient (Wildman–Crippen LogP) is 3.95. The Balaban J connectivity index is 2.42. The van der Waals surface area contributed by atoms with Gasteiger partial charge < -0.3 is 0 Å². The number of rotatable bonds is 3. The van der Waals surface area contributed by atoms with Gasteiger partial charge in [0.25, 0.3) is 0 Å². The lowest BCUT2D eigenvalue weighted by molar-refractivity contribution is 0.372. The molecule has 1 aromatic carbocycles. The van der Waals surface area contributed by atoms with E-state index in [1.807, 2.05) is 6.07 Å². The van der Waals surface area contributed by atoms with E-state index < -0.39 is 40.4 Å². The fraction of sp³-hybridized carbons (Fsp3) is 0.214. The van der Waals surface area contributed by atoms with Gasteiger partial charge in [-0.25, -0.2) is 31.9 Å². The Kier molecular flexibility index (Phi) is 4.85. The average Bonchev–Trinajstić information content (AvgIpc) is 2.50. The van der Waals surface area contributed by atoms with Crippen LogP contribution >= 0.6 is 11.8 Å². The highest BCUT2D eigenvalue weighted by Gasteiger charge is 2.26. The minimum absolute atomic E-state index is 0.0875. The summed E-state index contributed by atoms with van der Waals surface area (Å²) >= 11 is 0.695. The van der Waals surface area contributed by atoms with Crippen LogP contribution in [-0.4, -0.2) is 9.97 Å². The smallest absolute Gasteiger partial charge is 0.200 e. The molecule has 1 heterocycles. The SMILES string of the molecule is Cc1nc(C)c(C#N)c(SCc2c(F)c(F)c(F)c(F)c2F)n1. The molecule has 0 fully saturated rings. The third-order valence-electron chi connectivity index (χ3n) is 2.93. The zero-order valence-electron chi connectivity index (χ0n) is 11.8. The standard InChI is InChI=1S/C14H8F5N3S/c1-5-7(3-20)14(22-6(2)21-5)23-4-8-9(15)11(17)13(19)12(18)10(8)16/h4H2,1-2H3. The van der Waals surface area contributed by atoms with Crippen molar-refractivity contribution in [3.63, 3.8) is 0 Å². The van der Waals surface area contributed by atoms with E-state index >= 15 is 0 Å². The maximum Gasteiger partial charge on any atom is 0.200 e. The Morgan fingerprint density at radius 1 is 0.913 bits per heavy atom. The van der Waals surface area contributed by atoms with Crippen molar-refractivity contribution >= 4 is 11.8 Å². The third kappa shape index (κ3) is 3.12. The van der Waals surface area contributed by atoms with E-state index in [4.69, 9.17) is 5.26 Å². The summed E-state index contributed by atoms with van der Waals surface area (Å²) < 4.78 is 66.5. The van der Waals surface area contributed by atoms with Crippen LogP contribution in [0, 0.1) is 54.3 Å². The van der Waals surface area contributed by atoms with Crippen molar-refractivity contribution in [2.24, 2.45) is 0 Å². The number of hydrogen-bond acceptors (Lipinski definition) is 4. The molecule has 0 aliphatic heterocycles. The van der Waals surface area contributed by atoms with Gasteiger partial charge in [-0.2, -0.15) is 5.26 Å². The lowest BCUT2D eigenvalue weighted by atomic mass is 10.2. The molecule has 0 bridgehead atoms. The second kappa shape index (κ2) is 6.50. The first-order valence-electron chi connectivity index (χ1n) is 6.16. The van der Waals surface area contributed by atoms with Crippen molar-refractivity contribution in [2.75, 3.05) is 0 Å². The molecule has 0 radical (unpaired) electrons. The monoisotopic (exact) mass is 345 g/mol. The van der Waals surface area contributed by atoms with E-state index in [9.17, 15) is 22.0 Å². The first-order chi connectivity index (χ1) is 10.8. The topological polar surface area (TPSA) is 49.6 Å². The molecular formula is C14H8F5N3S. The van der Waals surface area contributed by atoms with Crippen LogP contribution in [0.3, 0.4) is 0 Å². The number of nitriles is 1. The minimum Gasteiger partial charge on any atom is -0.237 e. The molecule has 0 atom stereocenters. The lowest BCUT2D eigenvalue weighted by Crippen LogP contribution is -2.06. The van der Waals surface area contributed by atoms with Crippen LogP contribution in [0.4, 0.5) is 22.0 Å². The van der Waals surface area contributed by atoms with E-state index in [0.717, 1.165) is 0 Å². The fourth-order valence-electron chi connectivity index (χ4n) is 1.83. The van der Waals surface area contributed by atoms with Crippen molar-refractivity contribution in [1.29, 1.82) is 5.26 Å². The summed E-state index contributed by atoms with van der Waals surface area (Å²) in [6, 6.07) is 1.85. The molecule has 0 saturated heterocycles. The summed E-state index contributed by atoms with van der Waals surface area (Å²) in [6.45, 7) is 3.10. The van der Waals surface area contributed by atoms with Crippen molar-refractivity contribution in [3.8, 4) is 6.07 Å². The van der Waals surface area contributed by atoms with Gasteiger partial charge in [0.2, 0.25) is 5.82 Å². The van der Waals surface area contributed by atoms with Crippen molar-refractivity contribution in [2.45, 2.75) is 24.6 Å². The molecule has 0 unspecified atom stereocenters. The van der Waals surface area contributed by atoms with Crippen LogP contribution < -0.4 is 0 Å². The van der Waals surface area contributed by atoms with Crippen LogP contribution in [-0.2, 0) is 5.75 Å². The Hall–Kier alpha value is -2.21. The van der Waals surface area contributed by atoms with E-state index in [2.05, 4.69) is 9.97 Å². The number of thioether (sulfide) groups is 1. The zero-order chi connectivity index (χ0) is 17.3. The Morgan fingerprint density at radius 2 is 1.43 bits per heavy atom. The molecule has 0 aliphatic carbocycles. The quantitative estimate of drug-likeness (QED) is 0.278. The van der Waals surface area contributed by atoms with Crippen LogP contribution in [0.25, 0.3) is 0 Å². The highest BCUT2D eigenvalue weighted by molar-refractivity contribution is 7.98. The van der Waals surface area contributed by atoms with Crippen molar-refractivity contribution < 1.29 is 22.0 Å². The molecule has 2 rings (SSSR count). The van der Waals surface area contributed by atoms with Gasteiger partial charge in [-0.3, -0.25) is 0 Å². The van der Waals surface area contributed by atoms with E-state index in [1.165, 1.54) is 0 Å². The van der Waals surface area contributed by atoms with Gasteiger partial charge in [0.05, 0.1) is 5.69 Å². The molecule has 0 amide bonds. The van der Waals surface area contributed by atoms with Gasteiger partial charge in [0.15, 0.2) is 23.3 Å². The lowest BCUT2D eigenvalue weighted by Gasteiger charge is -2.09. The second-order valence-corrected chi connectivity index (χ2v) is 5.45. The number of hydrogen-bond donors (Lipinski definition) is 0. The Labute approximate surface area is 132 Å². The van der Waals surface area contributed by atoms with Gasteiger partial charge in [-0.1, -0.05) is 11.8 Å². The first-order valence-corrected chi connectivity index (χ1v) is 7.14. The summed E-state index contributed by atoms with van der Waals surface area (Å²) in [5, 5.41) is 9.17. The summed E-state index contributed by atoms with van der Waals surface area (Å²) in [4.78, 5) is 7.93. The van der Waals surface area contributed by atoms with Crippen molar-refractivity contribution in [1.82, 2.24) is 9.97 Å². The van der Waals surface area contributed by atoms with Gasteiger partial charge in [-0.05, 0) is 13.8 Å². The van der Waals surface area contributed by atoms with Gasteiger partial charge in [-0.15, -0.1) is 0 Å². The second-order valence-electron chi connectivity index (χ2n) is 4.49. The minimum atomic E-state index is -2.21. The molecule has 1 aromatic heterocycles. The molecule has 3 nitrogen and oxygen atoms in total. The van der Waals surface area contributed by atoms with E-state index in [0.29, 0.717) is 23.3 Å². The molecule has 9 heteroatoms. The number of aryl methyl sites for hydroxylation is 2. The normalized spacial score (nSPS) is 10.7. The number of nitrogens with zero attached hydrogens (tertiary/aromatic N) is 3. The molecule has 2 aromatic rings. The van der Waals surface area contributed by atoms with Crippen LogP contribution in [0.5, 0.6) is 0 Å². The van der Waals surface area contributed by atoms with Gasteiger partial charge >= 0.3 is 0 Å². The number of aromatic nitrogens is 2. The maximum atomic E-state index is 13.6. The Morgan fingerprint density at radius 3 is 1.96 bits per heavy atom. The molecular weight excluding hydrogens is 337 g/mol. The highest BCUT2D eigenvalue weighted by Crippen LogP contribution is 2.30. The predicted molar refractivity (Wildman–Crippen MR) is 72.0 cm³/mol. The molecule has 0 aliphatic rings. The summed E-state index contributed by atoms with van der Waals surface area (Å²) in [5.74, 6) is -10.3. The molecule has 0 N–H and O–H groups in total. The fourth-order valence-corrected chi connectivity index (χ4v) is 2.90. The van der Waals surface area contributed by atoms with Gasteiger partial charge in [0.1, 0.15) is 22.5 Å². The van der Waals surface area contributed by atoms with Crippen molar-refractivity contribution in [3.05, 3.63) is 51.7 Å². The zero-order valence-corrected chi connectivity index (χ0v) is 12.7. The number of halogens is 5. The number of benzene rings is 1. The summed E-state index contributed by atoms with van der Waals surface area (Å²) in [5.41, 5.74) is -0.520. The Bertz CT molecular complexity index is 803. The first kappa shape index (κ1) is 17.1. The molecule has 0 spiro atoms. The largest absolute Gasteiger partial charge is 0.237 e. The highest BCUT2D eigenvalue weighted by atomic mass is 32.2.